The third kappa shape index (κ3) is 2.10. The normalized spacial score (nSPS) is 33.1. The van der Waals surface area contributed by atoms with Crippen molar-refractivity contribution >= 4 is 0 Å². The third-order valence-corrected chi connectivity index (χ3v) is 5.38. The van der Waals surface area contributed by atoms with Crippen LogP contribution >= 0.6 is 0 Å². The molecule has 0 spiro atoms. The van der Waals surface area contributed by atoms with Crippen molar-refractivity contribution in [2.45, 2.75) is 45.1 Å². The summed E-state index contributed by atoms with van der Waals surface area (Å²) in [5, 5.41) is 8.63. The van der Waals surface area contributed by atoms with Crippen LogP contribution in [0.25, 0.3) is 0 Å². The predicted octanol–water partition coefficient (Wildman–Crippen LogP) is 2.36. The SMILES string of the molecule is Cc1nnc2n1[C@H]1CN(C[C@@H]3CC=CCC3)C[C@H]1CC2. The van der Waals surface area contributed by atoms with Gasteiger partial charge in [0.1, 0.15) is 11.6 Å². The summed E-state index contributed by atoms with van der Waals surface area (Å²) < 4.78 is 2.43. The van der Waals surface area contributed by atoms with Gasteiger partial charge >= 0.3 is 0 Å². The molecule has 3 heterocycles. The Morgan fingerprint density at radius 3 is 3.00 bits per heavy atom. The van der Waals surface area contributed by atoms with Gasteiger partial charge in [-0.2, -0.15) is 0 Å². The van der Waals surface area contributed by atoms with Crippen molar-refractivity contribution in [3.63, 3.8) is 0 Å². The van der Waals surface area contributed by atoms with Gasteiger partial charge in [-0.25, -0.2) is 0 Å². The van der Waals surface area contributed by atoms with E-state index < -0.39 is 0 Å². The number of allylic oxidation sites excluding steroid dienone is 2. The molecular weight excluding hydrogens is 248 g/mol. The van der Waals surface area contributed by atoms with Gasteiger partial charge in [0.2, 0.25) is 0 Å². The Morgan fingerprint density at radius 2 is 2.15 bits per heavy atom. The van der Waals surface area contributed by atoms with Crippen LogP contribution in [0, 0.1) is 18.8 Å². The molecular formula is C16H24N4. The second kappa shape index (κ2) is 4.99. The Hall–Kier alpha value is -1.16. The number of nitrogens with zero attached hydrogens (tertiary/aromatic N) is 4. The molecule has 3 aliphatic rings. The lowest BCUT2D eigenvalue weighted by Gasteiger charge is -2.27. The smallest absolute Gasteiger partial charge is 0.133 e. The fourth-order valence-electron chi connectivity index (χ4n) is 4.38. The maximum atomic E-state index is 4.34. The zero-order valence-electron chi connectivity index (χ0n) is 12.3. The van der Waals surface area contributed by atoms with E-state index in [2.05, 4.69) is 38.7 Å². The minimum Gasteiger partial charge on any atom is -0.310 e. The van der Waals surface area contributed by atoms with Gasteiger partial charge in [0.25, 0.3) is 0 Å². The van der Waals surface area contributed by atoms with Crippen LogP contribution in [0.4, 0.5) is 0 Å². The highest BCUT2D eigenvalue weighted by atomic mass is 15.3. The van der Waals surface area contributed by atoms with Gasteiger partial charge in [-0.15, -0.1) is 10.2 Å². The molecule has 0 aromatic carbocycles. The number of hydrogen-bond donors (Lipinski definition) is 0. The van der Waals surface area contributed by atoms with Crippen molar-refractivity contribution in [1.29, 1.82) is 0 Å². The first-order chi connectivity index (χ1) is 9.81. The van der Waals surface area contributed by atoms with Crippen LogP contribution in [0.5, 0.6) is 0 Å². The fourth-order valence-corrected chi connectivity index (χ4v) is 4.38. The van der Waals surface area contributed by atoms with Crippen molar-refractivity contribution in [3.8, 4) is 0 Å². The van der Waals surface area contributed by atoms with E-state index in [1.807, 2.05) is 0 Å². The molecule has 4 rings (SSSR count). The molecule has 1 saturated heterocycles. The lowest BCUT2D eigenvalue weighted by molar-refractivity contribution is 0.255. The molecule has 4 nitrogen and oxygen atoms in total. The monoisotopic (exact) mass is 272 g/mol. The summed E-state index contributed by atoms with van der Waals surface area (Å²) in [6.45, 7) is 5.88. The zero-order valence-corrected chi connectivity index (χ0v) is 12.3. The third-order valence-electron chi connectivity index (χ3n) is 5.38. The van der Waals surface area contributed by atoms with Crippen LogP contribution in [-0.2, 0) is 6.42 Å². The van der Waals surface area contributed by atoms with Gasteiger partial charge in [-0.3, -0.25) is 0 Å². The largest absolute Gasteiger partial charge is 0.310 e. The Morgan fingerprint density at radius 1 is 1.20 bits per heavy atom. The summed E-state index contributed by atoms with van der Waals surface area (Å²) in [5.74, 6) is 4.02. The Bertz CT molecular complexity index is 519. The molecule has 108 valence electrons. The first-order valence-corrected chi connectivity index (χ1v) is 8.09. The molecule has 1 aliphatic carbocycles. The van der Waals surface area contributed by atoms with Crippen LogP contribution in [0.1, 0.15) is 43.4 Å². The lowest BCUT2D eigenvalue weighted by atomic mass is 9.93. The number of fused-ring (bicyclic) bond motifs is 3. The summed E-state index contributed by atoms with van der Waals surface area (Å²) in [4.78, 5) is 2.70. The van der Waals surface area contributed by atoms with Crippen LogP contribution in [0.2, 0.25) is 0 Å². The predicted molar refractivity (Wildman–Crippen MR) is 78.5 cm³/mol. The molecule has 0 unspecified atom stereocenters. The topological polar surface area (TPSA) is 34.0 Å². The molecule has 1 fully saturated rings. The van der Waals surface area contributed by atoms with Gasteiger partial charge < -0.3 is 9.47 Å². The number of likely N-dealkylation sites (tertiary alicyclic amines) is 1. The van der Waals surface area contributed by atoms with Gasteiger partial charge in [-0.1, -0.05) is 12.2 Å². The van der Waals surface area contributed by atoms with Gasteiger partial charge in [0.05, 0.1) is 6.04 Å². The molecule has 1 aromatic rings. The van der Waals surface area contributed by atoms with E-state index in [0.717, 1.165) is 24.1 Å². The zero-order chi connectivity index (χ0) is 13.5. The molecule has 0 bridgehead atoms. The van der Waals surface area contributed by atoms with Gasteiger partial charge in [-0.05, 0) is 44.4 Å². The second-order valence-electron chi connectivity index (χ2n) is 6.77. The minimum absolute atomic E-state index is 0.632. The Balaban J connectivity index is 1.47. The molecule has 0 saturated carbocycles. The molecule has 4 heteroatoms. The summed E-state index contributed by atoms with van der Waals surface area (Å²) in [7, 11) is 0. The van der Waals surface area contributed by atoms with Crippen LogP contribution in [0.3, 0.4) is 0 Å². The van der Waals surface area contributed by atoms with E-state index in [9.17, 15) is 0 Å². The van der Waals surface area contributed by atoms with Crippen molar-refractivity contribution in [1.82, 2.24) is 19.7 Å². The van der Waals surface area contributed by atoms with Crippen LogP contribution < -0.4 is 0 Å². The average molecular weight is 272 g/mol. The number of aromatic nitrogens is 3. The van der Waals surface area contributed by atoms with E-state index in [1.165, 1.54) is 51.1 Å². The number of aryl methyl sites for hydroxylation is 2. The average Bonchev–Trinajstić information content (AvgIpc) is 3.03. The van der Waals surface area contributed by atoms with Crippen molar-refractivity contribution < 1.29 is 0 Å². The first-order valence-electron chi connectivity index (χ1n) is 8.09. The van der Waals surface area contributed by atoms with Gasteiger partial charge in [0, 0.05) is 26.1 Å². The van der Waals surface area contributed by atoms with E-state index in [-0.39, 0.29) is 0 Å². The highest BCUT2D eigenvalue weighted by Gasteiger charge is 2.39. The van der Waals surface area contributed by atoms with Crippen LogP contribution in [0.15, 0.2) is 12.2 Å². The highest BCUT2D eigenvalue weighted by Crippen LogP contribution is 2.37. The maximum absolute atomic E-state index is 4.34. The Kier molecular flexibility index (Phi) is 3.14. The van der Waals surface area contributed by atoms with Crippen molar-refractivity contribution in [2.24, 2.45) is 11.8 Å². The number of hydrogen-bond acceptors (Lipinski definition) is 3. The van der Waals surface area contributed by atoms with Crippen LogP contribution in [-0.4, -0.2) is 39.3 Å². The van der Waals surface area contributed by atoms with E-state index in [4.69, 9.17) is 0 Å². The summed E-state index contributed by atoms with van der Waals surface area (Å²) >= 11 is 0. The maximum Gasteiger partial charge on any atom is 0.133 e. The molecule has 3 atom stereocenters. The lowest BCUT2D eigenvalue weighted by Crippen LogP contribution is -2.28. The molecule has 1 aromatic heterocycles. The summed E-state index contributed by atoms with van der Waals surface area (Å²) in [5.41, 5.74) is 0. The fraction of sp³-hybridized carbons (Fsp3) is 0.750. The molecule has 0 amide bonds. The van der Waals surface area contributed by atoms with E-state index in [1.54, 1.807) is 0 Å². The standard InChI is InChI=1S/C16H24N4/c1-12-17-18-16-8-7-14-10-19(11-15(14)20(12)16)9-13-5-3-2-4-6-13/h2-3,13-15H,4-11H2,1H3/t13-,14-,15+/m1/s1. The molecule has 20 heavy (non-hydrogen) atoms. The number of rotatable bonds is 2. The van der Waals surface area contributed by atoms with E-state index in [0.29, 0.717) is 6.04 Å². The molecule has 0 radical (unpaired) electrons. The minimum atomic E-state index is 0.632. The molecule has 0 N–H and O–H groups in total. The highest BCUT2D eigenvalue weighted by molar-refractivity contribution is 5.06. The second-order valence-corrected chi connectivity index (χ2v) is 6.77. The Labute approximate surface area is 120 Å². The van der Waals surface area contributed by atoms with Gasteiger partial charge in [0.15, 0.2) is 0 Å². The van der Waals surface area contributed by atoms with Crippen molar-refractivity contribution in [2.75, 3.05) is 19.6 Å². The first kappa shape index (κ1) is 12.6. The quantitative estimate of drug-likeness (QED) is 0.775. The summed E-state index contributed by atoms with van der Waals surface area (Å²) in [6, 6.07) is 0.632. The summed E-state index contributed by atoms with van der Waals surface area (Å²) in [6.07, 6.45) is 11.1. The molecule has 2 aliphatic heterocycles. The van der Waals surface area contributed by atoms with E-state index >= 15 is 0 Å². The van der Waals surface area contributed by atoms with Crippen molar-refractivity contribution in [3.05, 3.63) is 23.8 Å².